The average Bonchev–Trinajstić information content (AvgIpc) is 1.00. The molecule has 0 aliphatic rings. The van der Waals surface area contributed by atoms with Crippen LogP contribution in [0.2, 0.25) is 0 Å². The molecule has 4 heavy (non-hydrogen) atoms. The fourth-order valence-corrected chi connectivity index (χ4v) is 0. The molecule has 0 N–H and O–H groups in total. The predicted octanol–water partition coefficient (Wildman–Crippen LogP) is -0.770. The first-order valence-electron chi connectivity index (χ1n) is 0.289. The van der Waals surface area contributed by atoms with E-state index >= 15 is 0 Å². The maximum atomic E-state index is 8.42. The molecule has 0 bridgehead atoms. The van der Waals surface area contributed by atoms with Crippen molar-refractivity contribution in [1.82, 2.24) is 0 Å². The van der Waals surface area contributed by atoms with Gasteiger partial charge < -0.3 is 0 Å². The van der Waals surface area contributed by atoms with Crippen molar-refractivity contribution in [2.24, 2.45) is 0 Å². The standard InChI is InChI=1S/Ce.Hf.In.O.H. The Morgan fingerprint density at radius 1 is 1.25 bits per heavy atom. The topological polar surface area (TPSA) is 17.1 Å². The molecule has 4 heteroatoms. The van der Waals surface area contributed by atoms with Gasteiger partial charge in [-0.15, -0.1) is 0 Å². The predicted molar refractivity (Wildman–Crippen MR) is 7.84 cm³/mol. The van der Waals surface area contributed by atoms with Gasteiger partial charge in [-0.3, -0.25) is 0 Å². The first kappa shape index (κ1) is 15.8. The fourth-order valence-electron chi connectivity index (χ4n) is 0. The van der Waals surface area contributed by atoms with E-state index in [2.05, 4.69) is 0 Å². The monoisotopic (exact) mass is 452 g/mol. The number of hydrogen-bond donors (Lipinski definition) is 0. The van der Waals surface area contributed by atoms with Gasteiger partial charge in [-0.25, -0.2) is 0 Å². The van der Waals surface area contributed by atoms with E-state index in [0.29, 0.717) is 0 Å². The van der Waals surface area contributed by atoms with Gasteiger partial charge in [0.2, 0.25) is 0 Å². The van der Waals surface area contributed by atoms with Crippen molar-refractivity contribution in [2.75, 3.05) is 0 Å². The molecule has 0 unspecified atom stereocenters. The van der Waals surface area contributed by atoms with Crippen LogP contribution >= 0.6 is 0 Å². The third-order valence-corrected chi connectivity index (χ3v) is 0. The van der Waals surface area contributed by atoms with E-state index in [4.69, 9.17) is 2.85 Å². The van der Waals surface area contributed by atoms with E-state index in [1.807, 2.05) is 0 Å². The zero-order valence-electron chi connectivity index (χ0n) is 2.12. The van der Waals surface area contributed by atoms with Crippen molar-refractivity contribution in [3.8, 4) is 0 Å². The maximum absolute atomic E-state index is 8.42. The van der Waals surface area contributed by atoms with Gasteiger partial charge >= 0.3 is 27.2 Å². The molecule has 0 atom stereocenters. The van der Waals surface area contributed by atoms with E-state index in [1.165, 1.54) is 0 Å². The molecule has 0 amide bonds. The molecular formula is HCeHfInO. The van der Waals surface area contributed by atoms with Crippen molar-refractivity contribution in [3.63, 3.8) is 0 Å². The van der Waals surface area contributed by atoms with Crippen LogP contribution in [0.3, 0.4) is 0 Å². The number of rotatable bonds is 0. The van der Waals surface area contributed by atoms with Crippen molar-refractivity contribution in [3.05, 3.63) is 0 Å². The molecule has 0 aromatic carbocycles. The van der Waals surface area contributed by atoms with E-state index in [1.54, 1.807) is 0 Å². The van der Waals surface area contributed by atoms with Gasteiger partial charge in [0, 0.05) is 67.6 Å². The molecule has 0 aromatic rings. The molecule has 0 spiro atoms. The molecule has 0 radical (unpaired) electrons. The van der Waals surface area contributed by atoms with Gasteiger partial charge in [0.15, 0.2) is 0 Å². The molecule has 0 aromatic heterocycles. The Hall–Kier alpha value is 2.92. The zero-order valence-corrected chi connectivity index (χ0v) is 12.9. The second kappa shape index (κ2) is 16.8. The van der Waals surface area contributed by atoms with Crippen molar-refractivity contribution >= 4 is 24.4 Å². The van der Waals surface area contributed by atoms with Crippen LogP contribution in [0.5, 0.6) is 0 Å². The van der Waals surface area contributed by atoms with Crippen molar-refractivity contribution < 1.29 is 70.4 Å². The van der Waals surface area contributed by atoms with Gasteiger partial charge in [0.25, 0.3) is 0 Å². The first-order valence-corrected chi connectivity index (χ1v) is 1.94. The summed E-state index contributed by atoms with van der Waals surface area (Å²) in [4.78, 5) is 0. The quantitative estimate of drug-likeness (QED) is 0.444. The van der Waals surface area contributed by atoms with Crippen molar-refractivity contribution in [2.45, 2.75) is 0 Å². The van der Waals surface area contributed by atoms with Crippen LogP contribution < -0.4 is 0 Å². The molecule has 0 heterocycles. The summed E-state index contributed by atoms with van der Waals surface area (Å²) < 4.78 is 8.42. The summed E-state index contributed by atoms with van der Waals surface area (Å²) in [5.41, 5.74) is 0. The minimum absolute atomic E-state index is 0. The van der Waals surface area contributed by atoms with E-state index < -0.39 is 0 Å². The Kier molecular flexibility index (Phi) is 66.3. The normalized spacial score (nSPS) is 0.750. The van der Waals surface area contributed by atoms with E-state index in [9.17, 15) is 0 Å². The molecule has 0 saturated heterocycles. The second-order valence-corrected chi connectivity index (χ2v) is 0. The molecule has 0 aliphatic heterocycles. The van der Waals surface area contributed by atoms with Gasteiger partial charge in [0.05, 0.1) is 0 Å². The van der Waals surface area contributed by atoms with Gasteiger partial charge in [-0.2, -0.15) is 0 Å². The summed E-state index contributed by atoms with van der Waals surface area (Å²) >= 11 is -0.1000. The Labute approximate surface area is 92.5 Å². The summed E-state index contributed by atoms with van der Waals surface area (Å²) in [5.74, 6) is 0. The minimum atomic E-state index is -0.1000. The van der Waals surface area contributed by atoms with Crippen LogP contribution in [0.25, 0.3) is 0 Å². The van der Waals surface area contributed by atoms with Gasteiger partial charge in [0.1, 0.15) is 0 Å². The van der Waals surface area contributed by atoms with Gasteiger partial charge in [-0.05, 0) is 0 Å². The molecule has 1 nitrogen and oxygen atoms in total. The van der Waals surface area contributed by atoms with Crippen LogP contribution in [-0.2, 0) is 28.7 Å². The van der Waals surface area contributed by atoms with Crippen LogP contribution in [0.4, 0.5) is 0 Å². The van der Waals surface area contributed by atoms with E-state index in [0.717, 1.165) is 0 Å². The molecule has 0 aliphatic carbocycles. The van der Waals surface area contributed by atoms with Gasteiger partial charge in [-0.1, -0.05) is 0 Å². The average molecular weight is 450 g/mol. The zero-order chi connectivity index (χ0) is 2.00. The summed E-state index contributed by atoms with van der Waals surface area (Å²) in [6.45, 7) is 0. The third-order valence-electron chi connectivity index (χ3n) is 0. The Bertz CT molecular complexity index is 8.00. The Morgan fingerprint density at radius 2 is 1.25 bits per heavy atom. The summed E-state index contributed by atoms with van der Waals surface area (Å²) in [7, 11) is 0. The summed E-state index contributed by atoms with van der Waals surface area (Å²) in [5, 5.41) is 0. The molecule has 0 saturated carbocycles. The summed E-state index contributed by atoms with van der Waals surface area (Å²) in [6, 6.07) is 0. The third kappa shape index (κ3) is 8.87. The van der Waals surface area contributed by atoms with Crippen LogP contribution in [0.15, 0.2) is 0 Å². The van der Waals surface area contributed by atoms with E-state index in [-0.39, 0.29) is 92.0 Å². The molecule has 0 fully saturated rings. The molecule has 0 rings (SSSR count). The Morgan fingerprint density at radius 3 is 1.25 bits per heavy atom. The fraction of sp³-hybridized carbons (Fsp3) is 0. The molecule has 18 valence electrons. The van der Waals surface area contributed by atoms with Crippen molar-refractivity contribution in [1.29, 1.82) is 0 Å². The number of hydrogen-bond acceptors (Lipinski definition) is 1. The molecular weight excluding hydrogens is 449 g/mol. The van der Waals surface area contributed by atoms with Crippen LogP contribution in [0, 0.1) is 41.7 Å². The first-order chi connectivity index (χ1) is 1.00. The Balaban J connectivity index is -0.00000000500. The van der Waals surface area contributed by atoms with Crippen LogP contribution in [-0.4, -0.2) is 24.4 Å². The van der Waals surface area contributed by atoms with Crippen LogP contribution in [0.1, 0.15) is 0 Å². The second-order valence-electron chi connectivity index (χ2n) is 0. The SMILES string of the molecule is [Ce].[Hf].[O]=[InH]. The summed E-state index contributed by atoms with van der Waals surface area (Å²) in [6.07, 6.45) is 0.